The summed E-state index contributed by atoms with van der Waals surface area (Å²) < 4.78 is 15.2. The van der Waals surface area contributed by atoms with Crippen LogP contribution in [0, 0.1) is 19.7 Å². The van der Waals surface area contributed by atoms with Gasteiger partial charge < -0.3 is 0 Å². The standard InChI is InChI=1S/C14H10Cl2FN3S/c1-7-11(15)8(2)20(19-7)14-18-12(13(16)21-14)9-3-5-10(17)6-4-9/h3-6H,1-2H3. The summed E-state index contributed by atoms with van der Waals surface area (Å²) in [5.41, 5.74) is 2.92. The number of nitrogens with zero attached hydrogens (tertiary/aromatic N) is 3. The molecule has 21 heavy (non-hydrogen) atoms. The topological polar surface area (TPSA) is 30.7 Å². The average Bonchev–Trinajstić information content (AvgIpc) is 2.96. The molecular weight excluding hydrogens is 332 g/mol. The minimum Gasteiger partial charge on any atom is -0.217 e. The van der Waals surface area contributed by atoms with E-state index in [1.807, 2.05) is 13.8 Å². The monoisotopic (exact) mass is 341 g/mol. The van der Waals surface area contributed by atoms with Gasteiger partial charge in [0, 0.05) is 5.56 Å². The molecule has 0 saturated heterocycles. The van der Waals surface area contributed by atoms with E-state index in [0.29, 0.717) is 20.2 Å². The zero-order chi connectivity index (χ0) is 15.1. The van der Waals surface area contributed by atoms with Crippen molar-refractivity contribution in [1.29, 1.82) is 0 Å². The second kappa shape index (κ2) is 5.40. The Morgan fingerprint density at radius 2 is 1.81 bits per heavy atom. The highest BCUT2D eigenvalue weighted by Gasteiger charge is 2.17. The first-order valence-corrected chi connectivity index (χ1v) is 7.69. The van der Waals surface area contributed by atoms with Crippen LogP contribution in [-0.2, 0) is 0 Å². The molecule has 0 unspecified atom stereocenters. The second-order valence-electron chi connectivity index (χ2n) is 4.52. The van der Waals surface area contributed by atoms with Gasteiger partial charge >= 0.3 is 0 Å². The summed E-state index contributed by atoms with van der Waals surface area (Å²) in [5.74, 6) is -0.296. The van der Waals surface area contributed by atoms with Crippen LogP contribution < -0.4 is 0 Å². The summed E-state index contributed by atoms with van der Waals surface area (Å²) in [6.07, 6.45) is 0. The first-order valence-electron chi connectivity index (χ1n) is 6.11. The quantitative estimate of drug-likeness (QED) is 0.652. The number of benzene rings is 1. The van der Waals surface area contributed by atoms with Crippen LogP contribution in [0.3, 0.4) is 0 Å². The van der Waals surface area contributed by atoms with Crippen LogP contribution in [0.15, 0.2) is 24.3 Å². The first kappa shape index (κ1) is 14.5. The van der Waals surface area contributed by atoms with Crippen LogP contribution in [0.5, 0.6) is 0 Å². The summed E-state index contributed by atoms with van der Waals surface area (Å²) in [6, 6.07) is 6.05. The molecule has 3 rings (SSSR count). The lowest BCUT2D eigenvalue weighted by atomic mass is 10.2. The molecule has 0 saturated carbocycles. The predicted octanol–water partition coefficient (Wildman–Crippen LogP) is 5.06. The Balaban J connectivity index is 2.09. The van der Waals surface area contributed by atoms with Gasteiger partial charge in [-0.2, -0.15) is 5.10 Å². The van der Waals surface area contributed by atoms with Crippen molar-refractivity contribution in [3.63, 3.8) is 0 Å². The van der Waals surface area contributed by atoms with Crippen molar-refractivity contribution in [2.24, 2.45) is 0 Å². The van der Waals surface area contributed by atoms with Crippen LogP contribution in [0.1, 0.15) is 11.4 Å². The van der Waals surface area contributed by atoms with E-state index in [9.17, 15) is 4.39 Å². The Hall–Kier alpha value is -1.43. The highest BCUT2D eigenvalue weighted by Crippen LogP contribution is 2.35. The number of hydrogen-bond donors (Lipinski definition) is 0. The van der Waals surface area contributed by atoms with E-state index in [1.54, 1.807) is 16.8 Å². The summed E-state index contributed by atoms with van der Waals surface area (Å²) in [7, 11) is 0. The number of thiazole rings is 1. The second-order valence-corrected chi connectivity index (χ2v) is 6.48. The lowest BCUT2D eigenvalue weighted by Crippen LogP contribution is -1.98. The smallest absolute Gasteiger partial charge is 0.212 e. The van der Waals surface area contributed by atoms with Gasteiger partial charge in [0.2, 0.25) is 5.13 Å². The third-order valence-electron chi connectivity index (χ3n) is 3.08. The molecule has 7 heteroatoms. The van der Waals surface area contributed by atoms with Crippen molar-refractivity contribution in [1.82, 2.24) is 14.8 Å². The lowest BCUT2D eigenvalue weighted by Gasteiger charge is -1.99. The van der Waals surface area contributed by atoms with Crippen molar-refractivity contribution in [2.45, 2.75) is 13.8 Å². The molecule has 3 nitrogen and oxygen atoms in total. The number of rotatable bonds is 2. The third kappa shape index (κ3) is 2.57. The van der Waals surface area contributed by atoms with Crippen molar-refractivity contribution in [3.05, 3.63) is 50.8 Å². The van der Waals surface area contributed by atoms with Gasteiger partial charge in [-0.05, 0) is 38.1 Å². The molecule has 0 spiro atoms. The minimum absolute atomic E-state index is 0.296. The van der Waals surface area contributed by atoms with E-state index in [-0.39, 0.29) is 5.82 Å². The normalized spacial score (nSPS) is 11.1. The number of hydrogen-bond acceptors (Lipinski definition) is 3. The fourth-order valence-corrected chi connectivity index (χ4v) is 3.28. The van der Waals surface area contributed by atoms with Crippen molar-refractivity contribution < 1.29 is 4.39 Å². The Labute approximate surface area is 135 Å². The van der Waals surface area contributed by atoms with E-state index >= 15 is 0 Å². The van der Waals surface area contributed by atoms with E-state index in [4.69, 9.17) is 23.2 Å². The fraction of sp³-hybridized carbons (Fsp3) is 0.143. The Kier molecular flexibility index (Phi) is 3.73. The molecule has 0 N–H and O–H groups in total. The van der Waals surface area contributed by atoms with Gasteiger partial charge in [0.05, 0.1) is 16.4 Å². The van der Waals surface area contributed by atoms with Gasteiger partial charge in [-0.25, -0.2) is 14.1 Å². The molecule has 0 amide bonds. The molecule has 0 radical (unpaired) electrons. The van der Waals surface area contributed by atoms with Gasteiger partial charge in [0.15, 0.2) is 0 Å². The SMILES string of the molecule is Cc1nn(-c2nc(-c3ccc(F)cc3)c(Cl)s2)c(C)c1Cl. The number of halogens is 3. The van der Waals surface area contributed by atoms with Crippen molar-refractivity contribution in [3.8, 4) is 16.4 Å². The summed E-state index contributed by atoms with van der Waals surface area (Å²) in [6.45, 7) is 3.71. The molecule has 3 aromatic rings. The maximum atomic E-state index is 13.0. The highest BCUT2D eigenvalue weighted by atomic mass is 35.5. The van der Waals surface area contributed by atoms with Gasteiger partial charge in [0.1, 0.15) is 15.8 Å². The Bertz CT molecular complexity index is 808. The predicted molar refractivity (Wildman–Crippen MR) is 84.1 cm³/mol. The lowest BCUT2D eigenvalue weighted by molar-refractivity contribution is 0.628. The van der Waals surface area contributed by atoms with Gasteiger partial charge in [-0.3, -0.25) is 0 Å². The third-order valence-corrected chi connectivity index (χ3v) is 4.85. The average molecular weight is 342 g/mol. The molecule has 0 fully saturated rings. The maximum absolute atomic E-state index is 13.0. The van der Waals surface area contributed by atoms with Crippen LogP contribution in [0.4, 0.5) is 4.39 Å². The first-order chi connectivity index (χ1) is 9.97. The van der Waals surface area contributed by atoms with E-state index in [1.165, 1.54) is 23.5 Å². The number of aromatic nitrogens is 3. The summed E-state index contributed by atoms with van der Waals surface area (Å²) >= 11 is 13.7. The van der Waals surface area contributed by atoms with Gasteiger partial charge in [-0.1, -0.05) is 34.5 Å². The number of aryl methyl sites for hydroxylation is 1. The van der Waals surface area contributed by atoms with Gasteiger partial charge in [-0.15, -0.1) is 0 Å². The molecule has 2 heterocycles. The molecule has 0 aliphatic rings. The molecule has 0 aliphatic heterocycles. The minimum atomic E-state index is -0.296. The zero-order valence-corrected chi connectivity index (χ0v) is 13.5. The Morgan fingerprint density at radius 3 is 2.38 bits per heavy atom. The van der Waals surface area contributed by atoms with Crippen LogP contribution in [0.25, 0.3) is 16.4 Å². The van der Waals surface area contributed by atoms with Crippen molar-refractivity contribution in [2.75, 3.05) is 0 Å². The van der Waals surface area contributed by atoms with Gasteiger partial charge in [0.25, 0.3) is 0 Å². The van der Waals surface area contributed by atoms with E-state index in [2.05, 4.69) is 10.1 Å². The molecule has 2 aromatic heterocycles. The molecular formula is C14H10Cl2FN3S. The van der Waals surface area contributed by atoms with Crippen LogP contribution in [0.2, 0.25) is 9.36 Å². The molecule has 108 valence electrons. The van der Waals surface area contributed by atoms with E-state index < -0.39 is 0 Å². The largest absolute Gasteiger partial charge is 0.217 e. The fourth-order valence-electron chi connectivity index (χ4n) is 1.98. The highest BCUT2D eigenvalue weighted by molar-refractivity contribution is 7.18. The maximum Gasteiger partial charge on any atom is 0.212 e. The van der Waals surface area contributed by atoms with E-state index in [0.717, 1.165) is 17.0 Å². The molecule has 0 bridgehead atoms. The van der Waals surface area contributed by atoms with Crippen molar-refractivity contribution >= 4 is 34.5 Å². The van der Waals surface area contributed by atoms with Crippen LogP contribution in [-0.4, -0.2) is 14.8 Å². The Morgan fingerprint density at radius 1 is 1.14 bits per heavy atom. The molecule has 0 aliphatic carbocycles. The zero-order valence-electron chi connectivity index (χ0n) is 11.2. The summed E-state index contributed by atoms with van der Waals surface area (Å²) in [5, 5.41) is 5.60. The van der Waals surface area contributed by atoms with Crippen LogP contribution >= 0.6 is 34.5 Å². The molecule has 1 aromatic carbocycles. The molecule has 0 atom stereocenters. The summed E-state index contributed by atoms with van der Waals surface area (Å²) in [4.78, 5) is 4.50.